The second-order valence-electron chi connectivity index (χ2n) is 11.3. The zero-order chi connectivity index (χ0) is 26.6. The summed E-state index contributed by atoms with van der Waals surface area (Å²) in [7, 11) is 0. The predicted octanol–water partition coefficient (Wildman–Crippen LogP) is 8.60. The number of hydrogen-bond acceptors (Lipinski definition) is 2. The molecular formula is C32H46N4. The van der Waals surface area contributed by atoms with Crippen molar-refractivity contribution in [2.75, 3.05) is 13.1 Å². The van der Waals surface area contributed by atoms with Gasteiger partial charge in [0, 0.05) is 13.0 Å². The topological polar surface area (TPSA) is 31.0 Å². The Labute approximate surface area is 219 Å². The summed E-state index contributed by atoms with van der Waals surface area (Å²) in [6.45, 7) is 24.0. The molecule has 4 heteroatoms. The van der Waals surface area contributed by atoms with Crippen molar-refractivity contribution in [1.29, 1.82) is 0 Å². The van der Waals surface area contributed by atoms with E-state index in [0.717, 1.165) is 42.6 Å². The lowest BCUT2D eigenvalue weighted by molar-refractivity contribution is -0.415. The third kappa shape index (κ3) is 6.32. The second kappa shape index (κ2) is 12.0. The van der Waals surface area contributed by atoms with Crippen LogP contribution in [0, 0.1) is 0 Å². The van der Waals surface area contributed by atoms with Crippen LogP contribution in [-0.4, -0.2) is 40.6 Å². The Hall–Kier alpha value is -2.75. The molecule has 2 aromatic carbocycles. The highest BCUT2D eigenvalue weighted by Crippen LogP contribution is 2.36. The molecule has 2 aromatic rings. The van der Waals surface area contributed by atoms with Crippen molar-refractivity contribution in [1.82, 2.24) is 4.90 Å². The van der Waals surface area contributed by atoms with Gasteiger partial charge in [-0.25, -0.2) is 0 Å². The Bertz CT molecular complexity index is 1100. The first-order valence-electron chi connectivity index (χ1n) is 13.7. The monoisotopic (exact) mass is 486 g/mol. The molecule has 0 fully saturated rings. The highest BCUT2D eigenvalue weighted by atomic mass is 15.3. The first-order valence-corrected chi connectivity index (χ1v) is 13.7. The van der Waals surface area contributed by atoms with Crippen molar-refractivity contribution in [3.05, 3.63) is 58.7 Å². The van der Waals surface area contributed by atoms with Gasteiger partial charge in [-0.3, -0.25) is 4.99 Å². The fraction of sp³-hybridized carbons (Fsp3) is 0.531. The third-order valence-electron chi connectivity index (χ3n) is 7.02. The van der Waals surface area contributed by atoms with E-state index in [2.05, 4.69) is 121 Å². The molecule has 0 saturated heterocycles. The van der Waals surface area contributed by atoms with Gasteiger partial charge in [-0.2, -0.15) is 4.99 Å². The molecule has 0 radical (unpaired) electrons. The van der Waals surface area contributed by atoms with Crippen LogP contribution in [0.25, 0.3) is 0 Å². The summed E-state index contributed by atoms with van der Waals surface area (Å²) in [5.74, 6) is 3.65. The molecule has 0 aromatic heterocycles. The van der Waals surface area contributed by atoms with Crippen molar-refractivity contribution in [3.63, 3.8) is 0 Å². The van der Waals surface area contributed by atoms with E-state index < -0.39 is 0 Å². The SMILES string of the molecule is CC(=Nc1c(C(C)C)cccc1C(C)C)N1[C-]=[N+](C(C)=Nc2c(C(C)C)cccc2C(C)C)CCC1. The maximum absolute atomic E-state index is 5.19. The average molecular weight is 487 g/mol. The lowest BCUT2D eigenvalue weighted by atomic mass is 9.93. The van der Waals surface area contributed by atoms with E-state index in [4.69, 9.17) is 9.98 Å². The van der Waals surface area contributed by atoms with Crippen molar-refractivity contribution in [2.45, 2.75) is 99.3 Å². The van der Waals surface area contributed by atoms with Gasteiger partial charge in [-0.15, -0.1) is 0 Å². The molecule has 1 aliphatic heterocycles. The van der Waals surface area contributed by atoms with Crippen molar-refractivity contribution in [3.8, 4) is 0 Å². The molecule has 4 nitrogen and oxygen atoms in total. The molecule has 0 saturated carbocycles. The van der Waals surface area contributed by atoms with E-state index >= 15 is 0 Å². The highest BCUT2D eigenvalue weighted by molar-refractivity contribution is 5.93. The van der Waals surface area contributed by atoms with E-state index in [1.54, 1.807) is 0 Å². The number of aliphatic imine (C=N–C) groups is 2. The van der Waals surface area contributed by atoms with Crippen LogP contribution < -0.4 is 0 Å². The lowest BCUT2D eigenvalue weighted by Gasteiger charge is -2.29. The van der Waals surface area contributed by atoms with Crippen molar-refractivity contribution < 1.29 is 4.58 Å². The van der Waals surface area contributed by atoms with Crippen LogP contribution in [0.2, 0.25) is 0 Å². The molecule has 194 valence electrons. The van der Waals surface area contributed by atoms with Crippen molar-refractivity contribution in [2.24, 2.45) is 9.98 Å². The maximum Gasteiger partial charge on any atom is 0.139 e. The lowest BCUT2D eigenvalue weighted by Crippen LogP contribution is -2.40. The number of benzene rings is 2. The molecule has 36 heavy (non-hydrogen) atoms. The molecule has 0 atom stereocenters. The molecule has 1 heterocycles. The molecular weight excluding hydrogens is 440 g/mol. The largest absolute Gasteiger partial charge is 0.359 e. The second-order valence-corrected chi connectivity index (χ2v) is 11.3. The summed E-state index contributed by atoms with van der Waals surface area (Å²) in [5, 5.41) is 0. The fourth-order valence-corrected chi connectivity index (χ4v) is 4.83. The van der Waals surface area contributed by atoms with Crippen LogP contribution in [0.4, 0.5) is 11.4 Å². The van der Waals surface area contributed by atoms with E-state index in [1.165, 1.54) is 22.3 Å². The molecule has 0 unspecified atom stereocenters. The zero-order valence-electron chi connectivity index (χ0n) is 24.2. The van der Waals surface area contributed by atoms with Crippen LogP contribution in [-0.2, 0) is 0 Å². The number of hydrogen-bond donors (Lipinski definition) is 0. The highest BCUT2D eigenvalue weighted by Gasteiger charge is 2.19. The summed E-state index contributed by atoms with van der Waals surface area (Å²) in [6, 6.07) is 13.2. The van der Waals surface area contributed by atoms with Gasteiger partial charge in [0.05, 0.1) is 18.1 Å². The molecule has 3 rings (SSSR count). The number of nitrogens with zero attached hydrogens (tertiary/aromatic N) is 4. The summed E-state index contributed by atoms with van der Waals surface area (Å²) >= 11 is 0. The van der Waals surface area contributed by atoms with Gasteiger partial charge in [0.15, 0.2) is 0 Å². The Balaban J connectivity index is 2.02. The minimum Gasteiger partial charge on any atom is -0.359 e. The standard InChI is InChI=1S/C32H46N4/c1-21(2)27-14-11-15-28(22(3)4)31(27)33-25(9)35-18-13-19-36(20-35)26(10)34-32-29(23(5)6)16-12-17-30(32)24(7)8/h11-12,14-17,21-24H,13,18-19H2,1-10H3. The number of rotatable bonds is 6. The normalized spacial score (nSPS) is 15.5. The Morgan fingerprint density at radius 2 is 1.14 bits per heavy atom. The Morgan fingerprint density at radius 1 is 0.722 bits per heavy atom. The van der Waals surface area contributed by atoms with Gasteiger partial charge in [0.1, 0.15) is 17.9 Å². The average Bonchev–Trinajstić information content (AvgIpc) is 2.83. The van der Waals surface area contributed by atoms with Gasteiger partial charge < -0.3 is 9.48 Å². The molecule has 0 bridgehead atoms. The maximum atomic E-state index is 5.19. The first-order chi connectivity index (χ1) is 17.0. The van der Waals surface area contributed by atoms with Gasteiger partial charge in [0.25, 0.3) is 0 Å². The third-order valence-corrected chi connectivity index (χ3v) is 7.02. The first kappa shape index (κ1) is 27.8. The Morgan fingerprint density at radius 3 is 1.56 bits per heavy atom. The minimum atomic E-state index is 0.423. The molecule has 0 spiro atoms. The molecule has 1 aliphatic rings. The van der Waals surface area contributed by atoms with Crippen molar-refractivity contribution >= 4 is 29.4 Å². The Kier molecular flexibility index (Phi) is 9.27. The molecule has 0 amide bonds. The van der Waals surface area contributed by atoms with Crippen LogP contribution in [0.15, 0.2) is 46.4 Å². The number of para-hydroxylation sites is 2. The van der Waals surface area contributed by atoms with Crippen LogP contribution in [0.3, 0.4) is 0 Å². The zero-order valence-corrected chi connectivity index (χ0v) is 24.2. The smallest absolute Gasteiger partial charge is 0.139 e. The van der Waals surface area contributed by atoms with Gasteiger partial charge in [-0.05, 0) is 59.8 Å². The summed E-state index contributed by atoms with van der Waals surface area (Å²) < 4.78 is 2.17. The van der Waals surface area contributed by atoms with Crippen LogP contribution >= 0.6 is 0 Å². The predicted molar refractivity (Wildman–Crippen MR) is 156 cm³/mol. The van der Waals surface area contributed by atoms with E-state index in [0.29, 0.717) is 23.7 Å². The van der Waals surface area contributed by atoms with E-state index in [9.17, 15) is 0 Å². The summed E-state index contributed by atoms with van der Waals surface area (Å²) in [5.41, 5.74) is 7.46. The quantitative estimate of drug-likeness (QED) is 0.174. The molecule has 0 N–H and O–H groups in total. The number of amidine groups is 2. The van der Waals surface area contributed by atoms with Gasteiger partial charge in [0.2, 0.25) is 0 Å². The molecule has 0 aliphatic carbocycles. The summed E-state index contributed by atoms with van der Waals surface area (Å²) in [4.78, 5) is 12.6. The van der Waals surface area contributed by atoms with Gasteiger partial charge in [-0.1, -0.05) is 91.8 Å². The van der Waals surface area contributed by atoms with E-state index in [1.807, 2.05) is 0 Å². The van der Waals surface area contributed by atoms with Crippen LogP contribution in [0.5, 0.6) is 0 Å². The summed E-state index contributed by atoms with van der Waals surface area (Å²) in [6.07, 6.45) is 4.63. The minimum absolute atomic E-state index is 0.423. The van der Waals surface area contributed by atoms with Gasteiger partial charge >= 0.3 is 0 Å². The van der Waals surface area contributed by atoms with Crippen LogP contribution in [0.1, 0.15) is 122 Å². The fourth-order valence-electron chi connectivity index (χ4n) is 4.83. The van der Waals surface area contributed by atoms with E-state index in [-0.39, 0.29) is 0 Å².